The minimum atomic E-state index is 0.486. The summed E-state index contributed by atoms with van der Waals surface area (Å²) in [5.74, 6) is 0.993. The highest BCUT2D eigenvalue weighted by atomic mass is 15.1. The Kier molecular flexibility index (Phi) is 4.26. The topological polar surface area (TPSA) is 29.3 Å². The second kappa shape index (κ2) is 5.50. The fraction of sp³-hybridized carbons (Fsp3) is 1.00. The lowest BCUT2D eigenvalue weighted by Gasteiger charge is -2.34. The largest absolute Gasteiger partial charge is 0.330 e. The average Bonchev–Trinajstić information content (AvgIpc) is 2.71. The van der Waals surface area contributed by atoms with Crippen LogP contribution in [-0.4, -0.2) is 31.6 Å². The number of likely N-dealkylation sites (tertiary alicyclic amines) is 1. The molecule has 0 radical (unpaired) electrons. The minimum Gasteiger partial charge on any atom is -0.330 e. The molecule has 2 aliphatic rings. The molecule has 0 aromatic rings. The van der Waals surface area contributed by atoms with Crippen LogP contribution in [0.25, 0.3) is 0 Å². The van der Waals surface area contributed by atoms with Gasteiger partial charge in [-0.1, -0.05) is 25.7 Å². The Balaban J connectivity index is 1.93. The maximum atomic E-state index is 6.11. The van der Waals surface area contributed by atoms with Crippen molar-refractivity contribution in [1.29, 1.82) is 0 Å². The van der Waals surface area contributed by atoms with Crippen LogP contribution in [0, 0.1) is 11.3 Å². The van der Waals surface area contributed by atoms with Gasteiger partial charge < -0.3 is 10.6 Å². The molecule has 1 atom stereocenters. The third-order valence-electron chi connectivity index (χ3n) is 4.90. The van der Waals surface area contributed by atoms with Crippen molar-refractivity contribution in [3.8, 4) is 0 Å². The Morgan fingerprint density at radius 1 is 1.12 bits per heavy atom. The first-order valence-electron chi connectivity index (χ1n) is 7.13. The van der Waals surface area contributed by atoms with Crippen molar-refractivity contribution in [3.05, 3.63) is 0 Å². The molecule has 1 saturated heterocycles. The van der Waals surface area contributed by atoms with Crippen LogP contribution >= 0.6 is 0 Å². The van der Waals surface area contributed by atoms with Crippen LogP contribution in [-0.2, 0) is 0 Å². The lowest BCUT2D eigenvalue weighted by Crippen LogP contribution is -2.33. The summed E-state index contributed by atoms with van der Waals surface area (Å²) < 4.78 is 0. The van der Waals surface area contributed by atoms with Gasteiger partial charge in [-0.3, -0.25) is 0 Å². The molecule has 2 fully saturated rings. The van der Waals surface area contributed by atoms with E-state index >= 15 is 0 Å². The second-order valence-electron chi connectivity index (χ2n) is 6.22. The zero-order valence-electron chi connectivity index (χ0n) is 10.9. The maximum Gasteiger partial charge on any atom is -0.00160 e. The molecular formula is C14H28N2. The van der Waals surface area contributed by atoms with E-state index in [1.807, 2.05) is 0 Å². The van der Waals surface area contributed by atoms with Gasteiger partial charge >= 0.3 is 0 Å². The van der Waals surface area contributed by atoms with Gasteiger partial charge in [-0.05, 0) is 63.7 Å². The van der Waals surface area contributed by atoms with E-state index in [0.717, 1.165) is 12.5 Å². The highest BCUT2D eigenvalue weighted by Gasteiger charge is 2.33. The number of nitrogens with two attached hydrogens (primary N) is 1. The Hall–Kier alpha value is -0.0800. The van der Waals surface area contributed by atoms with Crippen molar-refractivity contribution < 1.29 is 0 Å². The first-order valence-corrected chi connectivity index (χ1v) is 7.13. The summed E-state index contributed by atoms with van der Waals surface area (Å²) in [5.41, 5.74) is 6.60. The Bertz CT molecular complexity index is 211. The number of rotatable bonds is 3. The monoisotopic (exact) mass is 224 g/mol. The lowest BCUT2D eigenvalue weighted by molar-refractivity contribution is 0.190. The molecule has 1 aliphatic heterocycles. The van der Waals surface area contributed by atoms with E-state index in [4.69, 9.17) is 5.73 Å². The van der Waals surface area contributed by atoms with Gasteiger partial charge in [0.1, 0.15) is 0 Å². The molecule has 1 heterocycles. The highest BCUT2D eigenvalue weighted by Crippen LogP contribution is 2.41. The molecule has 1 unspecified atom stereocenters. The van der Waals surface area contributed by atoms with Gasteiger partial charge in [0.25, 0.3) is 0 Å². The van der Waals surface area contributed by atoms with Gasteiger partial charge in [-0.2, -0.15) is 0 Å². The molecule has 2 nitrogen and oxygen atoms in total. The van der Waals surface area contributed by atoms with E-state index in [0.29, 0.717) is 5.41 Å². The normalized spacial score (nSPS) is 34.1. The molecule has 2 rings (SSSR count). The summed E-state index contributed by atoms with van der Waals surface area (Å²) in [6.45, 7) is 3.44. The third-order valence-corrected chi connectivity index (χ3v) is 4.90. The Morgan fingerprint density at radius 2 is 1.88 bits per heavy atom. The average molecular weight is 224 g/mol. The van der Waals surface area contributed by atoms with Gasteiger partial charge in [-0.15, -0.1) is 0 Å². The number of hydrogen-bond donors (Lipinski definition) is 1. The van der Waals surface area contributed by atoms with Crippen molar-refractivity contribution in [1.82, 2.24) is 4.90 Å². The summed E-state index contributed by atoms with van der Waals surface area (Å²) in [4.78, 5) is 2.48. The van der Waals surface area contributed by atoms with E-state index in [9.17, 15) is 0 Å². The fourth-order valence-electron chi connectivity index (χ4n) is 3.71. The van der Waals surface area contributed by atoms with E-state index < -0.39 is 0 Å². The predicted octanol–water partition coefficient (Wildman–Crippen LogP) is 2.63. The van der Waals surface area contributed by atoms with Crippen LogP contribution in [0.2, 0.25) is 0 Å². The number of hydrogen-bond acceptors (Lipinski definition) is 2. The molecule has 0 aromatic carbocycles. The Morgan fingerprint density at radius 3 is 2.56 bits per heavy atom. The maximum absolute atomic E-state index is 6.11. The number of nitrogens with zero attached hydrogens (tertiary/aromatic N) is 1. The molecule has 2 N–H and O–H groups in total. The van der Waals surface area contributed by atoms with Crippen LogP contribution < -0.4 is 5.73 Å². The summed E-state index contributed by atoms with van der Waals surface area (Å²) >= 11 is 0. The molecule has 0 aromatic heterocycles. The first-order chi connectivity index (χ1) is 7.74. The summed E-state index contributed by atoms with van der Waals surface area (Å²) in [7, 11) is 2.25. The quantitative estimate of drug-likeness (QED) is 0.798. The molecule has 0 spiro atoms. The molecule has 1 aliphatic carbocycles. The lowest BCUT2D eigenvalue weighted by atomic mass is 9.73. The molecular weight excluding hydrogens is 196 g/mol. The van der Waals surface area contributed by atoms with E-state index in [1.165, 1.54) is 64.5 Å². The molecule has 94 valence electrons. The van der Waals surface area contributed by atoms with E-state index in [-0.39, 0.29) is 0 Å². The highest BCUT2D eigenvalue weighted by molar-refractivity contribution is 4.87. The summed E-state index contributed by atoms with van der Waals surface area (Å²) in [6, 6.07) is 0. The van der Waals surface area contributed by atoms with Crippen molar-refractivity contribution >= 4 is 0 Å². The van der Waals surface area contributed by atoms with Crippen LogP contribution in [0.5, 0.6) is 0 Å². The van der Waals surface area contributed by atoms with Crippen molar-refractivity contribution in [2.24, 2.45) is 17.1 Å². The molecule has 1 saturated carbocycles. The van der Waals surface area contributed by atoms with Gasteiger partial charge in [0, 0.05) is 0 Å². The predicted molar refractivity (Wildman–Crippen MR) is 69.4 cm³/mol. The van der Waals surface area contributed by atoms with Crippen LogP contribution in [0.4, 0.5) is 0 Å². The van der Waals surface area contributed by atoms with Crippen LogP contribution in [0.3, 0.4) is 0 Å². The fourth-order valence-corrected chi connectivity index (χ4v) is 3.71. The van der Waals surface area contributed by atoms with Crippen molar-refractivity contribution in [3.63, 3.8) is 0 Å². The van der Waals surface area contributed by atoms with Gasteiger partial charge in [-0.25, -0.2) is 0 Å². The smallest absolute Gasteiger partial charge is 0.00160 e. The zero-order valence-corrected chi connectivity index (χ0v) is 10.9. The first kappa shape index (κ1) is 12.4. The third kappa shape index (κ3) is 2.98. The molecule has 0 amide bonds. The molecule has 16 heavy (non-hydrogen) atoms. The van der Waals surface area contributed by atoms with Gasteiger partial charge in [0.05, 0.1) is 0 Å². The Labute approximate surface area is 101 Å². The summed E-state index contributed by atoms with van der Waals surface area (Å²) in [5, 5.41) is 0. The summed E-state index contributed by atoms with van der Waals surface area (Å²) in [6.07, 6.45) is 11.3. The SMILES string of the molecule is CN1CCCC(CN)(CC2CCCC2)CC1. The van der Waals surface area contributed by atoms with Crippen LogP contribution in [0.15, 0.2) is 0 Å². The molecule has 2 heteroatoms. The second-order valence-corrected chi connectivity index (χ2v) is 6.22. The standard InChI is InChI=1S/C14H28N2/c1-16-9-4-7-14(12-15,8-10-16)11-13-5-2-3-6-13/h13H,2-12,15H2,1H3. The van der Waals surface area contributed by atoms with E-state index in [1.54, 1.807) is 0 Å². The van der Waals surface area contributed by atoms with Crippen LogP contribution in [0.1, 0.15) is 51.4 Å². The van der Waals surface area contributed by atoms with Crippen molar-refractivity contribution in [2.75, 3.05) is 26.7 Å². The van der Waals surface area contributed by atoms with E-state index in [2.05, 4.69) is 11.9 Å². The zero-order chi connectivity index (χ0) is 11.4. The van der Waals surface area contributed by atoms with Crippen molar-refractivity contribution in [2.45, 2.75) is 51.4 Å². The van der Waals surface area contributed by atoms with Gasteiger partial charge in [0.2, 0.25) is 0 Å². The molecule has 0 bridgehead atoms. The minimum absolute atomic E-state index is 0.486. The van der Waals surface area contributed by atoms with Gasteiger partial charge in [0.15, 0.2) is 0 Å².